The fraction of sp³-hybridized carbons (Fsp3) is 0.143. The molecule has 1 aromatic carbocycles. The summed E-state index contributed by atoms with van der Waals surface area (Å²) in [5, 5.41) is 28.8. The Hall–Kier alpha value is -3.42. The predicted molar refractivity (Wildman–Crippen MR) is 118 cm³/mol. The third-order valence-corrected chi connectivity index (χ3v) is 5.71. The van der Waals surface area contributed by atoms with Gasteiger partial charge in [0.25, 0.3) is 0 Å². The number of nitrogens with zero attached hydrogens (tertiary/aromatic N) is 6. The Balaban J connectivity index is 1.70. The van der Waals surface area contributed by atoms with Gasteiger partial charge in [0.05, 0.1) is 0 Å². The molecule has 30 heavy (non-hydrogen) atoms. The van der Waals surface area contributed by atoms with Gasteiger partial charge in [0.2, 0.25) is 0 Å². The molecule has 0 atom stereocenters. The van der Waals surface area contributed by atoms with Crippen LogP contribution in [-0.4, -0.2) is 30.6 Å². The zero-order chi connectivity index (χ0) is 20.9. The summed E-state index contributed by atoms with van der Waals surface area (Å²) < 4.78 is 0. The average Bonchev–Trinajstić information content (AvgIpc) is 3.45. The van der Waals surface area contributed by atoms with E-state index >= 15 is 0 Å². The van der Waals surface area contributed by atoms with Gasteiger partial charge in [-0.15, -0.1) is 30.6 Å². The van der Waals surface area contributed by atoms with Crippen LogP contribution in [0.25, 0.3) is 0 Å². The molecule has 4 rings (SSSR count). The van der Waals surface area contributed by atoms with Gasteiger partial charge in [-0.25, -0.2) is 0 Å². The van der Waals surface area contributed by atoms with Crippen LogP contribution in [0.1, 0.15) is 46.7 Å². The molecule has 0 saturated heterocycles. The van der Waals surface area contributed by atoms with Gasteiger partial charge in [0.1, 0.15) is 15.0 Å². The first-order valence-electron chi connectivity index (χ1n) is 8.65. The smallest absolute Gasteiger partial charge is 0.143 e. The lowest BCUT2D eigenvalue weighted by Gasteiger charge is -1.96. The van der Waals surface area contributed by atoms with E-state index in [1.165, 1.54) is 34.0 Å². The van der Waals surface area contributed by atoms with E-state index in [-0.39, 0.29) is 0 Å². The van der Waals surface area contributed by atoms with Crippen LogP contribution in [0.4, 0.5) is 0 Å². The summed E-state index contributed by atoms with van der Waals surface area (Å²) in [5.74, 6) is 18.5. The lowest BCUT2D eigenvalue weighted by atomic mass is 10.1. The maximum atomic E-state index is 4.04. The Kier molecular flexibility index (Phi) is 5.92. The van der Waals surface area contributed by atoms with Gasteiger partial charge >= 0.3 is 0 Å². The molecule has 0 fully saturated rings. The molecule has 0 aliphatic heterocycles. The fourth-order valence-electron chi connectivity index (χ4n) is 2.26. The summed E-state index contributed by atoms with van der Waals surface area (Å²) in [6.45, 7) is 5.70. The first-order chi connectivity index (χ1) is 14.5. The largest absolute Gasteiger partial charge is 0.191 e. The summed E-state index contributed by atoms with van der Waals surface area (Å²) in [6, 6.07) is 5.76. The maximum Gasteiger partial charge on any atom is 0.191 e. The van der Waals surface area contributed by atoms with Crippen molar-refractivity contribution in [3.63, 3.8) is 0 Å². The van der Waals surface area contributed by atoms with Crippen molar-refractivity contribution < 1.29 is 0 Å². The third kappa shape index (κ3) is 5.34. The van der Waals surface area contributed by atoms with Gasteiger partial charge in [-0.05, 0) is 56.7 Å². The lowest BCUT2D eigenvalue weighted by molar-refractivity contribution is 1.04. The molecule has 0 radical (unpaired) electrons. The van der Waals surface area contributed by atoms with E-state index in [4.69, 9.17) is 0 Å². The Morgan fingerprint density at radius 1 is 0.467 bits per heavy atom. The molecule has 144 valence electrons. The SMILES string of the molecule is Cc1nnc(C#Cc2cc(C#Cc3nnc(C)s3)cc(C#Cc3nnc(C)s3)c2)s1. The highest BCUT2D eigenvalue weighted by Gasteiger charge is 2.01. The maximum absolute atomic E-state index is 4.04. The van der Waals surface area contributed by atoms with Crippen LogP contribution in [0, 0.1) is 56.3 Å². The molecule has 0 aliphatic carbocycles. The minimum absolute atomic E-state index is 0.672. The highest BCUT2D eigenvalue weighted by atomic mass is 32.1. The van der Waals surface area contributed by atoms with Gasteiger partial charge in [-0.2, -0.15) is 0 Å². The van der Waals surface area contributed by atoms with Gasteiger partial charge in [-0.1, -0.05) is 51.8 Å². The standard InChI is InChI=1S/C21H12N6S3/c1-13-22-25-19(28-13)7-4-16-10-17(5-8-20-26-23-14(2)29-20)12-18(11-16)6-9-21-27-24-15(3)30-21/h10-12H,1-3H3. The molecule has 0 unspecified atom stereocenters. The molecule has 0 spiro atoms. The minimum Gasteiger partial charge on any atom is -0.143 e. The van der Waals surface area contributed by atoms with Crippen LogP contribution in [0.15, 0.2) is 18.2 Å². The second-order valence-electron chi connectivity index (χ2n) is 5.93. The first-order valence-corrected chi connectivity index (χ1v) is 11.1. The zero-order valence-corrected chi connectivity index (χ0v) is 18.6. The molecule has 9 heteroatoms. The lowest BCUT2D eigenvalue weighted by Crippen LogP contribution is -1.85. The van der Waals surface area contributed by atoms with Gasteiger partial charge in [-0.3, -0.25) is 0 Å². The molecule has 6 nitrogen and oxygen atoms in total. The highest BCUT2D eigenvalue weighted by molar-refractivity contribution is 7.12. The summed E-state index contributed by atoms with van der Waals surface area (Å²) in [4.78, 5) is 0. The van der Waals surface area contributed by atoms with Gasteiger partial charge < -0.3 is 0 Å². The molecule has 0 bridgehead atoms. The van der Waals surface area contributed by atoms with E-state index in [1.54, 1.807) is 0 Å². The Morgan fingerprint density at radius 3 is 1.00 bits per heavy atom. The number of rotatable bonds is 0. The van der Waals surface area contributed by atoms with Crippen molar-refractivity contribution in [1.29, 1.82) is 0 Å². The Bertz CT molecular complexity index is 1230. The van der Waals surface area contributed by atoms with Crippen molar-refractivity contribution in [2.24, 2.45) is 0 Å². The van der Waals surface area contributed by atoms with E-state index in [1.807, 2.05) is 39.0 Å². The summed E-state index contributed by atoms with van der Waals surface area (Å²) >= 11 is 4.37. The van der Waals surface area contributed by atoms with Crippen molar-refractivity contribution in [2.75, 3.05) is 0 Å². The van der Waals surface area contributed by atoms with E-state index in [0.717, 1.165) is 31.7 Å². The predicted octanol–water partition coefficient (Wildman–Crippen LogP) is 3.37. The van der Waals surface area contributed by atoms with Crippen LogP contribution in [-0.2, 0) is 0 Å². The van der Waals surface area contributed by atoms with E-state index < -0.39 is 0 Å². The Morgan fingerprint density at radius 2 is 0.767 bits per heavy atom. The number of hydrogen-bond acceptors (Lipinski definition) is 9. The number of aromatic nitrogens is 6. The second-order valence-corrected chi connectivity index (χ2v) is 9.47. The van der Waals surface area contributed by atoms with Gasteiger partial charge in [0, 0.05) is 16.7 Å². The number of hydrogen-bond donors (Lipinski definition) is 0. The van der Waals surface area contributed by atoms with Crippen LogP contribution >= 0.6 is 34.0 Å². The van der Waals surface area contributed by atoms with Gasteiger partial charge in [0.15, 0.2) is 15.0 Å². The van der Waals surface area contributed by atoms with Crippen LogP contribution in [0.2, 0.25) is 0 Å². The van der Waals surface area contributed by atoms with E-state index in [2.05, 4.69) is 66.1 Å². The molecule has 0 aliphatic rings. The molecule has 0 saturated carbocycles. The molecular formula is C21H12N6S3. The van der Waals surface area contributed by atoms with Crippen molar-refractivity contribution >= 4 is 34.0 Å². The van der Waals surface area contributed by atoms with Crippen LogP contribution in [0.5, 0.6) is 0 Å². The van der Waals surface area contributed by atoms with Crippen molar-refractivity contribution in [3.05, 3.63) is 64.9 Å². The van der Waals surface area contributed by atoms with E-state index in [0.29, 0.717) is 15.0 Å². The number of benzene rings is 1. The monoisotopic (exact) mass is 444 g/mol. The topological polar surface area (TPSA) is 77.3 Å². The first kappa shape index (κ1) is 19.9. The van der Waals surface area contributed by atoms with Crippen LogP contribution in [0.3, 0.4) is 0 Å². The molecule has 3 heterocycles. The highest BCUT2D eigenvalue weighted by Crippen LogP contribution is 2.12. The molecular weight excluding hydrogens is 432 g/mol. The molecule has 0 amide bonds. The fourth-order valence-corrected chi connectivity index (χ4v) is 3.90. The second kappa shape index (κ2) is 8.94. The van der Waals surface area contributed by atoms with Crippen molar-refractivity contribution in [2.45, 2.75) is 20.8 Å². The molecule has 0 N–H and O–H groups in total. The third-order valence-electron chi connectivity index (χ3n) is 3.45. The summed E-state index contributed by atoms with van der Waals surface area (Å²) in [6.07, 6.45) is 0. The number of aryl methyl sites for hydroxylation is 3. The summed E-state index contributed by atoms with van der Waals surface area (Å²) in [7, 11) is 0. The molecule has 4 aromatic rings. The normalized spacial score (nSPS) is 9.70. The quantitative estimate of drug-likeness (QED) is 0.387. The molecule has 3 aromatic heterocycles. The van der Waals surface area contributed by atoms with Crippen molar-refractivity contribution in [3.8, 4) is 35.5 Å². The summed E-state index contributed by atoms with van der Waals surface area (Å²) in [5.41, 5.74) is 2.38. The van der Waals surface area contributed by atoms with Crippen molar-refractivity contribution in [1.82, 2.24) is 30.6 Å². The minimum atomic E-state index is 0.672. The zero-order valence-electron chi connectivity index (χ0n) is 16.1. The Labute approximate surface area is 185 Å². The van der Waals surface area contributed by atoms with Crippen LogP contribution < -0.4 is 0 Å². The van der Waals surface area contributed by atoms with E-state index in [9.17, 15) is 0 Å². The average molecular weight is 445 g/mol.